The van der Waals surface area contributed by atoms with Crippen molar-refractivity contribution < 1.29 is 13.9 Å². The van der Waals surface area contributed by atoms with Crippen molar-refractivity contribution in [3.63, 3.8) is 0 Å². The number of hydrogen-bond donors (Lipinski definition) is 0. The molecule has 0 bridgehead atoms. The minimum Gasteiger partial charge on any atom is -0.465 e. The number of ether oxygens (including phenoxy) is 1. The van der Waals surface area contributed by atoms with Gasteiger partial charge in [-0.05, 0) is 12.1 Å². The van der Waals surface area contributed by atoms with Crippen LogP contribution in [0.15, 0.2) is 24.4 Å². The molecule has 0 atom stereocenters. The van der Waals surface area contributed by atoms with E-state index in [1.807, 2.05) is 0 Å². The fourth-order valence-electron chi connectivity index (χ4n) is 1.39. The van der Waals surface area contributed by atoms with Gasteiger partial charge >= 0.3 is 5.97 Å². The number of carbonyl (C=O) groups is 1. The monoisotopic (exact) mass is 239 g/mol. The summed E-state index contributed by atoms with van der Waals surface area (Å²) in [5.74, 6) is -1.38. The molecule has 0 saturated carbocycles. The smallest absolute Gasteiger partial charge is 0.340 e. The molecule has 0 spiro atoms. The molecule has 0 fully saturated rings. The number of methoxy groups -OCH3 is 1. The van der Waals surface area contributed by atoms with E-state index in [0.717, 1.165) is 0 Å². The Kier molecular flexibility index (Phi) is 2.75. The van der Waals surface area contributed by atoms with Gasteiger partial charge in [0.15, 0.2) is 0 Å². The van der Waals surface area contributed by atoms with Crippen LogP contribution in [-0.4, -0.2) is 18.1 Å². The van der Waals surface area contributed by atoms with Crippen molar-refractivity contribution in [1.29, 1.82) is 0 Å². The molecule has 82 valence electrons. The third-order valence-electron chi connectivity index (χ3n) is 2.14. The molecule has 1 aromatic heterocycles. The largest absolute Gasteiger partial charge is 0.465 e. The lowest BCUT2D eigenvalue weighted by atomic mass is 10.1. The minimum atomic E-state index is -0.723. The number of esters is 1. The van der Waals surface area contributed by atoms with Crippen molar-refractivity contribution in [2.24, 2.45) is 0 Å². The Morgan fingerprint density at radius 3 is 2.88 bits per heavy atom. The third kappa shape index (κ3) is 1.84. The lowest BCUT2D eigenvalue weighted by Gasteiger charge is -2.03. The highest BCUT2D eigenvalue weighted by atomic mass is 35.5. The predicted molar refractivity (Wildman–Crippen MR) is 58.1 cm³/mol. The molecule has 3 nitrogen and oxygen atoms in total. The van der Waals surface area contributed by atoms with E-state index in [2.05, 4.69) is 9.72 Å². The van der Waals surface area contributed by atoms with Crippen LogP contribution in [0.5, 0.6) is 0 Å². The molecule has 0 radical (unpaired) electrons. The average molecular weight is 240 g/mol. The Balaban J connectivity index is 2.68. The van der Waals surface area contributed by atoms with E-state index >= 15 is 0 Å². The summed E-state index contributed by atoms with van der Waals surface area (Å²) in [6.45, 7) is 0. The first-order valence-electron chi connectivity index (χ1n) is 4.45. The van der Waals surface area contributed by atoms with Crippen molar-refractivity contribution in [3.8, 4) is 0 Å². The molecule has 0 aliphatic rings. The van der Waals surface area contributed by atoms with Gasteiger partial charge < -0.3 is 4.74 Å². The normalized spacial score (nSPS) is 10.4. The number of pyridine rings is 1. The second-order valence-electron chi connectivity index (χ2n) is 3.17. The number of hydrogen-bond acceptors (Lipinski definition) is 3. The van der Waals surface area contributed by atoms with Crippen molar-refractivity contribution in [2.75, 3.05) is 7.11 Å². The van der Waals surface area contributed by atoms with Gasteiger partial charge in [-0.3, -0.25) is 4.98 Å². The van der Waals surface area contributed by atoms with Crippen molar-refractivity contribution in [3.05, 3.63) is 40.8 Å². The molecule has 2 rings (SSSR count). The molecule has 0 saturated heterocycles. The number of benzene rings is 1. The standard InChI is InChI=1S/C11H7ClFNO2/c1-16-11(15)8-3-6-2-7(12)5-14-10(6)4-9(8)13/h2-5H,1H3. The summed E-state index contributed by atoms with van der Waals surface area (Å²) >= 11 is 5.75. The molecule has 0 N–H and O–H groups in total. The van der Waals surface area contributed by atoms with Crippen LogP contribution < -0.4 is 0 Å². The van der Waals surface area contributed by atoms with Crippen LogP contribution in [0.3, 0.4) is 0 Å². The van der Waals surface area contributed by atoms with E-state index in [9.17, 15) is 9.18 Å². The number of aromatic nitrogens is 1. The maximum Gasteiger partial charge on any atom is 0.340 e. The topological polar surface area (TPSA) is 39.2 Å². The fraction of sp³-hybridized carbons (Fsp3) is 0.0909. The molecular formula is C11H7ClFNO2. The summed E-state index contributed by atoms with van der Waals surface area (Å²) in [7, 11) is 1.20. The van der Waals surface area contributed by atoms with Crippen LogP contribution >= 0.6 is 11.6 Å². The summed E-state index contributed by atoms with van der Waals surface area (Å²) in [6.07, 6.45) is 1.42. The Hall–Kier alpha value is -1.68. The van der Waals surface area contributed by atoms with Gasteiger partial charge in [-0.1, -0.05) is 11.6 Å². The van der Waals surface area contributed by atoms with Crippen LogP contribution in [0.4, 0.5) is 4.39 Å². The predicted octanol–water partition coefficient (Wildman–Crippen LogP) is 2.81. The van der Waals surface area contributed by atoms with E-state index in [1.54, 1.807) is 6.07 Å². The average Bonchev–Trinajstić information content (AvgIpc) is 2.28. The van der Waals surface area contributed by atoms with E-state index in [0.29, 0.717) is 15.9 Å². The molecular weight excluding hydrogens is 233 g/mol. The number of rotatable bonds is 1. The highest BCUT2D eigenvalue weighted by molar-refractivity contribution is 6.31. The van der Waals surface area contributed by atoms with Gasteiger partial charge in [0.05, 0.1) is 23.2 Å². The van der Waals surface area contributed by atoms with E-state index < -0.39 is 11.8 Å². The number of fused-ring (bicyclic) bond motifs is 1. The zero-order valence-corrected chi connectivity index (χ0v) is 9.08. The number of nitrogens with zero attached hydrogens (tertiary/aromatic N) is 1. The Bertz CT molecular complexity index is 571. The zero-order chi connectivity index (χ0) is 11.7. The highest BCUT2D eigenvalue weighted by Gasteiger charge is 2.13. The lowest BCUT2D eigenvalue weighted by Crippen LogP contribution is -2.04. The van der Waals surface area contributed by atoms with E-state index in [-0.39, 0.29) is 5.56 Å². The molecule has 0 aliphatic carbocycles. The molecule has 1 heterocycles. The van der Waals surface area contributed by atoms with Gasteiger partial charge in [-0.15, -0.1) is 0 Å². The van der Waals surface area contributed by atoms with E-state index in [4.69, 9.17) is 11.6 Å². The van der Waals surface area contributed by atoms with Crippen LogP contribution in [0, 0.1) is 5.82 Å². The number of halogens is 2. The lowest BCUT2D eigenvalue weighted by molar-refractivity contribution is 0.0596. The minimum absolute atomic E-state index is 0.126. The third-order valence-corrected chi connectivity index (χ3v) is 2.35. The molecule has 5 heteroatoms. The Morgan fingerprint density at radius 1 is 1.44 bits per heavy atom. The SMILES string of the molecule is COC(=O)c1cc2cc(Cl)cnc2cc1F. The molecule has 2 aromatic rings. The second-order valence-corrected chi connectivity index (χ2v) is 3.61. The zero-order valence-electron chi connectivity index (χ0n) is 8.33. The molecule has 0 amide bonds. The first-order valence-corrected chi connectivity index (χ1v) is 4.82. The second kappa shape index (κ2) is 4.06. The van der Waals surface area contributed by atoms with E-state index in [1.165, 1.54) is 25.4 Å². The summed E-state index contributed by atoms with van der Waals surface area (Å²) < 4.78 is 17.9. The maximum atomic E-state index is 13.5. The van der Waals surface area contributed by atoms with Gasteiger partial charge in [-0.2, -0.15) is 0 Å². The van der Waals surface area contributed by atoms with Crippen molar-refractivity contribution in [2.45, 2.75) is 0 Å². The summed E-state index contributed by atoms with van der Waals surface area (Å²) in [6, 6.07) is 4.16. The van der Waals surface area contributed by atoms with Gasteiger partial charge in [0.2, 0.25) is 0 Å². The molecule has 16 heavy (non-hydrogen) atoms. The van der Waals surface area contributed by atoms with Crippen molar-refractivity contribution >= 4 is 28.5 Å². The van der Waals surface area contributed by atoms with Gasteiger partial charge in [0.1, 0.15) is 5.82 Å². The molecule has 0 aliphatic heterocycles. The Morgan fingerprint density at radius 2 is 2.19 bits per heavy atom. The highest BCUT2D eigenvalue weighted by Crippen LogP contribution is 2.21. The molecule has 1 aromatic carbocycles. The summed E-state index contributed by atoms with van der Waals surface area (Å²) in [4.78, 5) is 15.2. The van der Waals surface area contributed by atoms with Gasteiger partial charge in [0.25, 0.3) is 0 Å². The fourth-order valence-corrected chi connectivity index (χ4v) is 1.56. The number of carbonyl (C=O) groups excluding carboxylic acids is 1. The van der Waals surface area contributed by atoms with Gasteiger partial charge in [-0.25, -0.2) is 9.18 Å². The van der Waals surface area contributed by atoms with Crippen molar-refractivity contribution in [1.82, 2.24) is 4.98 Å². The summed E-state index contributed by atoms with van der Waals surface area (Å²) in [5, 5.41) is 1.02. The quantitative estimate of drug-likeness (QED) is 0.719. The van der Waals surface area contributed by atoms with Crippen LogP contribution in [-0.2, 0) is 4.74 Å². The first-order chi connectivity index (χ1) is 7.61. The first kappa shape index (κ1) is 10.8. The van der Waals surface area contributed by atoms with Crippen LogP contribution in [0.1, 0.15) is 10.4 Å². The van der Waals surface area contributed by atoms with Crippen LogP contribution in [0.2, 0.25) is 5.02 Å². The maximum absolute atomic E-state index is 13.5. The Labute approximate surface area is 95.8 Å². The molecule has 0 unspecified atom stereocenters. The van der Waals surface area contributed by atoms with Crippen LogP contribution in [0.25, 0.3) is 10.9 Å². The summed E-state index contributed by atoms with van der Waals surface area (Å²) in [5.41, 5.74) is 0.314. The van der Waals surface area contributed by atoms with Gasteiger partial charge in [0, 0.05) is 17.6 Å².